The van der Waals surface area contributed by atoms with E-state index in [1.807, 2.05) is 0 Å². The minimum atomic E-state index is 0.227. The van der Waals surface area contributed by atoms with Crippen molar-refractivity contribution in [2.45, 2.75) is 71.3 Å². The topological polar surface area (TPSA) is 55.1 Å². The maximum atomic E-state index is 11.9. The summed E-state index contributed by atoms with van der Waals surface area (Å²) in [6.07, 6.45) is 9.05. The molecule has 18 heavy (non-hydrogen) atoms. The lowest BCUT2D eigenvalue weighted by Gasteiger charge is -2.21. The molecule has 3 nitrogen and oxygen atoms in total. The quantitative estimate of drug-likeness (QED) is 0.700. The Morgan fingerprint density at radius 2 is 2.00 bits per heavy atom. The van der Waals surface area contributed by atoms with Gasteiger partial charge in [0, 0.05) is 12.5 Å². The second kappa shape index (κ2) is 8.52. The smallest absolute Gasteiger partial charge is 0.220 e. The van der Waals surface area contributed by atoms with Crippen LogP contribution in [0.4, 0.5) is 0 Å². The van der Waals surface area contributed by atoms with Crippen LogP contribution in [0.15, 0.2) is 0 Å². The van der Waals surface area contributed by atoms with E-state index in [9.17, 15) is 4.79 Å². The van der Waals surface area contributed by atoms with Gasteiger partial charge in [0.25, 0.3) is 0 Å². The van der Waals surface area contributed by atoms with Crippen LogP contribution in [0.1, 0.15) is 65.2 Å². The highest BCUT2D eigenvalue weighted by Crippen LogP contribution is 2.27. The lowest BCUT2D eigenvalue weighted by molar-refractivity contribution is -0.122. The Morgan fingerprint density at radius 1 is 1.33 bits per heavy atom. The van der Waals surface area contributed by atoms with Crippen LogP contribution >= 0.6 is 0 Å². The monoisotopic (exact) mass is 254 g/mol. The van der Waals surface area contributed by atoms with Crippen LogP contribution in [0.25, 0.3) is 0 Å². The second-order valence-corrected chi connectivity index (χ2v) is 5.79. The number of nitrogens with two attached hydrogens (primary N) is 1. The first-order valence-corrected chi connectivity index (χ1v) is 7.66. The van der Waals surface area contributed by atoms with Gasteiger partial charge in [-0.2, -0.15) is 0 Å². The number of nitrogens with one attached hydrogen (secondary N) is 1. The molecule has 0 aromatic carbocycles. The van der Waals surface area contributed by atoms with E-state index in [4.69, 9.17) is 5.73 Å². The predicted octanol–water partition coefficient (Wildman–Crippen LogP) is 2.84. The molecule has 1 fully saturated rings. The minimum Gasteiger partial charge on any atom is -0.353 e. The number of rotatable bonds is 8. The zero-order chi connectivity index (χ0) is 13.4. The predicted molar refractivity (Wildman–Crippen MR) is 76.2 cm³/mol. The van der Waals surface area contributed by atoms with Crippen LogP contribution in [0, 0.1) is 11.8 Å². The first-order chi connectivity index (χ1) is 8.67. The largest absolute Gasteiger partial charge is 0.353 e. The highest BCUT2D eigenvalue weighted by molar-refractivity contribution is 5.76. The third-order valence-electron chi connectivity index (χ3n) is 4.43. The van der Waals surface area contributed by atoms with E-state index in [0.717, 1.165) is 25.8 Å². The summed E-state index contributed by atoms with van der Waals surface area (Å²) in [6.45, 7) is 5.07. The molecule has 1 amide bonds. The molecular formula is C15H30N2O. The van der Waals surface area contributed by atoms with Crippen molar-refractivity contribution >= 4 is 5.91 Å². The molecule has 0 radical (unpaired) electrons. The van der Waals surface area contributed by atoms with Gasteiger partial charge in [0.2, 0.25) is 5.91 Å². The Balaban J connectivity index is 2.19. The molecule has 2 atom stereocenters. The van der Waals surface area contributed by atoms with Crippen molar-refractivity contribution in [3.05, 3.63) is 0 Å². The van der Waals surface area contributed by atoms with Gasteiger partial charge in [-0.1, -0.05) is 26.2 Å². The van der Waals surface area contributed by atoms with E-state index in [-0.39, 0.29) is 5.91 Å². The van der Waals surface area contributed by atoms with Crippen molar-refractivity contribution in [2.75, 3.05) is 6.54 Å². The van der Waals surface area contributed by atoms with Crippen LogP contribution in [-0.4, -0.2) is 18.5 Å². The van der Waals surface area contributed by atoms with Crippen molar-refractivity contribution in [1.82, 2.24) is 5.32 Å². The lowest BCUT2D eigenvalue weighted by Crippen LogP contribution is -2.37. The number of hydrogen-bond acceptors (Lipinski definition) is 2. The lowest BCUT2D eigenvalue weighted by atomic mass is 9.96. The Hall–Kier alpha value is -0.570. The highest BCUT2D eigenvalue weighted by atomic mass is 16.1. The minimum absolute atomic E-state index is 0.227. The molecule has 0 aromatic rings. The van der Waals surface area contributed by atoms with E-state index >= 15 is 0 Å². The van der Waals surface area contributed by atoms with E-state index in [0.29, 0.717) is 24.3 Å². The third-order valence-corrected chi connectivity index (χ3v) is 4.43. The van der Waals surface area contributed by atoms with Crippen molar-refractivity contribution in [3.8, 4) is 0 Å². The molecule has 1 aliphatic carbocycles. The number of amides is 1. The molecule has 0 aromatic heterocycles. The van der Waals surface area contributed by atoms with Crippen molar-refractivity contribution in [1.29, 1.82) is 0 Å². The standard InChI is InChI=1S/C15H30N2O/c1-3-13(10-11-16)8-9-15(18)17-12(2)14-6-4-5-7-14/h12-14H,3-11,16H2,1-2H3,(H,17,18)/t12-,13?/m1/s1. The number of carbonyl (C=O) groups excluding carboxylic acids is 1. The molecular weight excluding hydrogens is 224 g/mol. The van der Waals surface area contributed by atoms with E-state index in [1.165, 1.54) is 25.7 Å². The second-order valence-electron chi connectivity index (χ2n) is 5.79. The van der Waals surface area contributed by atoms with Gasteiger partial charge in [0.1, 0.15) is 0 Å². The van der Waals surface area contributed by atoms with Crippen LogP contribution in [0.2, 0.25) is 0 Å². The Labute approximate surface area is 112 Å². The maximum absolute atomic E-state index is 11.9. The molecule has 0 bridgehead atoms. The fraction of sp³-hybridized carbons (Fsp3) is 0.933. The number of hydrogen-bond donors (Lipinski definition) is 2. The zero-order valence-electron chi connectivity index (χ0n) is 12.1. The molecule has 106 valence electrons. The van der Waals surface area contributed by atoms with Gasteiger partial charge in [0.05, 0.1) is 0 Å². The van der Waals surface area contributed by atoms with Crippen molar-refractivity contribution in [2.24, 2.45) is 17.6 Å². The zero-order valence-corrected chi connectivity index (χ0v) is 12.1. The van der Waals surface area contributed by atoms with Crippen molar-refractivity contribution < 1.29 is 4.79 Å². The fourth-order valence-corrected chi connectivity index (χ4v) is 3.02. The highest BCUT2D eigenvalue weighted by Gasteiger charge is 2.22. The summed E-state index contributed by atoms with van der Waals surface area (Å²) in [5, 5.41) is 3.17. The summed E-state index contributed by atoms with van der Waals surface area (Å²) in [6, 6.07) is 0.356. The van der Waals surface area contributed by atoms with E-state index < -0.39 is 0 Å². The average molecular weight is 254 g/mol. The van der Waals surface area contributed by atoms with Crippen LogP contribution in [-0.2, 0) is 4.79 Å². The van der Waals surface area contributed by atoms with Gasteiger partial charge in [-0.05, 0) is 51.0 Å². The first-order valence-electron chi connectivity index (χ1n) is 7.66. The van der Waals surface area contributed by atoms with Crippen LogP contribution in [0.5, 0.6) is 0 Å². The molecule has 0 heterocycles. The molecule has 1 saturated carbocycles. The molecule has 0 aliphatic heterocycles. The van der Waals surface area contributed by atoms with Crippen molar-refractivity contribution in [3.63, 3.8) is 0 Å². The van der Waals surface area contributed by atoms with E-state index in [2.05, 4.69) is 19.2 Å². The summed E-state index contributed by atoms with van der Waals surface area (Å²) in [4.78, 5) is 11.9. The first kappa shape index (κ1) is 15.5. The SMILES string of the molecule is CCC(CCN)CCC(=O)N[C@H](C)C1CCCC1. The van der Waals surface area contributed by atoms with Gasteiger partial charge < -0.3 is 11.1 Å². The average Bonchev–Trinajstić information content (AvgIpc) is 2.88. The van der Waals surface area contributed by atoms with E-state index in [1.54, 1.807) is 0 Å². The Kier molecular flexibility index (Phi) is 7.33. The van der Waals surface area contributed by atoms with Crippen LogP contribution in [0.3, 0.4) is 0 Å². The van der Waals surface area contributed by atoms with Crippen LogP contribution < -0.4 is 11.1 Å². The molecule has 3 N–H and O–H groups in total. The summed E-state index contributed by atoms with van der Waals surface area (Å²) in [7, 11) is 0. The van der Waals surface area contributed by atoms with Gasteiger partial charge in [0.15, 0.2) is 0 Å². The van der Waals surface area contributed by atoms with Gasteiger partial charge in [-0.25, -0.2) is 0 Å². The van der Waals surface area contributed by atoms with Gasteiger partial charge in [-0.15, -0.1) is 0 Å². The molecule has 0 saturated heterocycles. The third kappa shape index (κ3) is 5.38. The normalized spacial score (nSPS) is 19.7. The summed E-state index contributed by atoms with van der Waals surface area (Å²) in [5.41, 5.74) is 5.57. The molecule has 3 heteroatoms. The van der Waals surface area contributed by atoms with Gasteiger partial charge in [-0.3, -0.25) is 4.79 Å². The molecule has 1 rings (SSSR count). The Morgan fingerprint density at radius 3 is 2.56 bits per heavy atom. The van der Waals surface area contributed by atoms with Gasteiger partial charge >= 0.3 is 0 Å². The summed E-state index contributed by atoms with van der Waals surface area (Å²) >= 11 is 0. The maximum Gasteiger partial charge on any atom is 0.220 e. The number of carbonyl (C=O) groups is 1. The fourth-order valence-electron chi connectivity index (χ4n) is 3.02. The summed E-state index contributed by atoms with van der Waals surface area (Å²) < 4.78 is 0. The Bertz CT molecular complexity index is 237. The summed E-state index contributed by atoms with van der Waals surface area (Å²) in [5.74, 6) is 1.55. The molecule has 1 aliphatic rings. The molecule has 1 unspecified atom stereocenters. The molecule has 0 spiro atoms.